The van der Waals surface area contributed by atoms with E-state index in [1.807, 2.05) is 42.5 Å². The Morgan fingerprint density at radius 3 is 2.74 bits per heavy atom. The van der Waals surface area contributed by atoms with E-state index in [1.165, 1.54) is 0 Å². The molecule has 19 heavy (non-hydrogen) atoms. The Hall–Kier alpha value is -1.95. The second-order valence-corrected chi connectivity index (χ2v) is 4.29. The quantitative estimate of drug-likeness (QED) is 0.869. The summed E-state index contributed by atoms with van der Waals surface area (Å²) in [6.07, 6.45) is 0. The molecule has 2 rings (SSSR count). The van der Waals surface area contributed by atoms with Crippen LogP contribution < -0.4 is 4.74 Å². The average molecular weight is 273 g/mol. The molecule has 2 nitrogen and oxygen atoms in total. The van der Waals surface area contributed by atoms with Gasteiger partial charge in [-0.3, -0.25) is 0 Å². The predicted octanol–water partition coefficient (Wildman–Crippen LogP) is 3.26. The zero-order valence-corrected chi connectivity index (χ0v) is 11.0. The minimum absolute atomic E-state index is 0.139. The lowest BCUT2D eigenvalue weighted by molar-refractivity contribution is 0.306. The van der Waals surface area contributed by atoms with Crippen molar-refractivity contribution in [3.05, 3.63) is 64.7 Å². The third-order valence-electron chi connectivity index (χ3n) is 2.47. The van der Waals surface area contributed by atoms with Crippen LogP contribution in [0.4, 0.5) is 0 Å². The molecule has 0 saturated carbocycles. The second kappa shape index (κ2) is 6.84. The van der Waals surface area contributed by atoms with E-state index >= 15 is 0 Å². The lowest BCUT2D eigenvalue weighted by atomic mass is 10.1. The standard InChI is InChI=1S/C16H13ClO2/c17-15-8-1-2-9-16(15)19-12-14-6-3-5-13(11-14)7-4-10-18/h1-3,5-6,8-9,11,18H,10,12H2. The van der Waals surface area contributed by atoms with Crippen LogP contribution in [0.5, 0.6) is 5.75 Å². The SMILES string of the molecule is OCC#Cc1cccc(COc2ccccc2Cl)c1. The van der Waals surface area contributed by atoms with Crippen LogP contribution >= 0.6 is 11.6 Å². The van der Waals surface area contributed by atoms with Crippen LogP contribution in [0.15, 0.2) is 48.5 Å². The van der Waals surface area contributed by atoms with Gasteiger partial charge in [-0.05, 0) is 29.8 Å². The van der Waals surface area contributed by atoms with Gasteiger partial charge in [0, 0.05) is 5.56 Å². The minimum Gasteiger partial charge on any atom is -0.487 e. The van der Waals surface area contributed by atoms with Crippen LogP contribution in [0, 0.1) is 11.8 Å². The molecule has 0 bridgehead atoms. The Morgan fingerprint density at radius 1 is 1.11 bits per heavy atom. The largest absolute Gasteiger partial charge is 0.487 e. The highest BCUT2D eigenvalue weighted by Gasteiger charge is 2.00. The van der Waals surface area contributed by atoms with Gasteiger partial charge in [-0.15, -0.1) is 0 Å². The van der Waals surface area contributed by atoms with Gasteiger partial charge in [0.05, 0.1) is 5.02 Å². The maximum atomic E-state index is 8.67. The van der Waals surface area contributed by atoms with Crippen molar-refractivity contribution in [2.75, 3.05) is 6.61 Å². The summed E-state index contributed by atoms with van der Waals surface area (Å²) in [7, 11) is 0. The van der Waals surface area contributed by atoms with E-state index in [2.05, 4.69) is 11.8 Å². The molecule has 3 heteroatoms. The molecule has 0 aliphatic carbocycles. The van der Waals surface area contributed by atoms with Crippen LogP contribution in [0.2, 0.25) is 5.02 Å². The van der Waals surface area contributed by atoms with E-state index in [9.17, 15) is 0 Å². The Labute approximate surface area is 117 Å². The molecule has 0 aliphatic heterocycles. The predicted molar refractivity (Wildman–Crippen MR) is 76.2 cm³/mol. The van der Waals surface area contributed by atoms with Crippen LogP contribution in [-0.4, -0.2) is 11.7 Å². The first-order chi connectivity index (χ1) is 9.29. The number of hydrogen-bond acceptors (Lipinski definition) is 2. The Kier molecular flexibility index (Phi) is 4.85. The maximum Gasteiger partial charge on any atom is 0.138 e. The van der Waals surface area contributed by atoms with Crippen LogP contribution in [0.25, 0.3) is 0 Å². The Balaban J connectivity index is 2.06. The molecular formula is C16H13ClO2. The van der Waals surface area contributed by atoms with Crippen molar-refractivity contribution in [1.82, 2.24) is 0 Å². The summed E-state index contributed by atoms with van der Waals surface area (Å²) in [5.74, 6) is 6.14. The molecule has 0 aromatic heterocycles. The fourth-order valence-corrected chi connectivity index (χ4v) is 1.79. The monoisotopic (exact) mass is 272 g/mol. The van der Waals surface area contributed by atoms with Gasteiger partial charge in [-0.1, -0.05) is 47.7 Å². The van der Waals surface area contributed by atoms with E-state index in [4.69, 9.17) is 21.4 Å². The molecule has 0 saturated heterocycles. The molecule has 1 N–H and O–H groups in total. The van der Waals surface area contributed by atoms with Crippen molar-refractivity contribution in [2.45, 2.75) is 6.61 Å². The first-order valence-corrected chi connectivity index (χ1v) is 6.23. The molecule has 2 aromatic carbocycles. The van der Waals surface area contributed by atoms with Crippen molar-refractivity contribution in [2.24, 2.45) is 0 Å². The van der Waals surface area contributed by atoms with Gasteiger partial charge in [0.15, 0.2) is 0 Å². The molecule has 2 aromatic rings. The normalized spacial score (nSPS) is 9.58. The first-order valence-electron chi connectivity index (χ1n) is 5.85. The van der Waals surface area contributed by atoms with E-state index in [0.29, 0.717) is 17.4 Å². The van der Waals surface area contributed by atoms with Gasteiger partial charge < -0.3 is 9.84 Å². The molecule has 0 atom stereocenters. The zero-order valence-electron chi connectivity index (χ0n) is 10.3. The highest BCUT2D eigenvalue weighted by atomic mass is 35.5. The molecule has 0 aliphatic rings. The smallest absolute Gasteiger partial charge is 0.138 e. The van der Waals surface area contributed by atoms with Gasteiger partial charge in [-0.25, -0.2) is 0 Å². The summed E-state index contributed by atoms with van der Waals surface area (Å²) in [4.78, 5) is 0. The molecule has 0 heterocycles. The Morgan fingerprint density at radius 2 is 1.95 bits per heavy atom. The molecule has 0 unspecified atom stereocenters. The average Bonchev–Trinajstić information content (AvgIpc) is 2.45. The number of aliphatic hydroxyl groups is 1. The molecule has 0 amide bonds. The lowest BCUT2D eigenvalue weighted by Gasteiger charge is -2.07. The van der Waals surface area contributed by atoms with Crippen molar-refractivity contribution in [3.63, 3.8) is 0 Å². The van der Waals surface area contributed by atoms with E-state index < -0.39 is 0 Å². The van der Waals surface area contributed by atoms with E-state index in [1.54, 1.807) is 6.07 Å². The van der Waals surface area contributed by atoms with Gasteiger partial charge in [0.1, 0.15) is 19.0 Å². The summed E-state index contributed by atoms with van der Waals surface area (Å²) >= 11 is 6.02. The minimum atomic E-state index is -0.139. The van der Waals surface area contributed by atoms with Gasteiger partial charge in [0.25, 0.3) is 0 Å². The fraction of sp³-hybridized carbons (Fsp3) is 0.125. The number of ether oxygens (including phenoxy) is 1. The summed E-state index contributed by atoms with van der Waals surface area (Å²) in [6.45, 7) is 0.290. The molecule has 0 fully saturated rings. The van der Waals surface area contributed by atoms with Crippen molar-refractivity contribution in [3.8, 4) is 17.6 Å². The third-order valence-corrected chi connectivity index (χ3v) is 2.78. The van der Waals surface area contributed by atoms with Gasteiger partial charge in [0.2, 0.25) is 0 Å². The van der Waals surface area contributed by atoms with Crippen LogP contribution in [0.3, 0.4) is 0 Å². The molecule has 0 radical (unpaired) electrons. The molecule has 0 spiro atoms. The highest BCUT2D eigenvalue weighted by Crippen LogP contribution is 2.24. The number of halogens is 1. The number of aliphatic hydroxyl groups excluding tert-OH is 1. The lowest BCUT2D eigenvalue weighted by Crippen LogP contribution is -1.96. The van der Waals surface area contributed by atoms with Crippen molar-refractivity contribution < 1.29 is 9.84 Å². The van der Waals surface area contributed by atoms with Crippen molar-refractivity contribution >= 4 is 11.6 Å². The zero-order chi connectivity index (χ0) is 13.5. The Bertz CT molecular complexity index is 611. The number of hydrogen-bond donors (Lipinski definition) is 1. The number of para-hydroxylation sites is 1. The third kappa shape index (κ3) is 4.03. The van der Waals surface area contributed by atoms with Crippen LogP contribution in [-0.2, 0) is 6.61 Å². The summed E-state index contributed by atoms with van der Waals surface area (Å²) in [6, 6.07) is 15.1. The molecule has 96 valence electrons. The summed E-state index contributed by atoms with van der Waals surface area (Å²) in [5.41, 5.74) is 1.86. The summed E-state index contributed by atoms with van der Waals surface area (Å²) < 4.78 is 5.65. The van der Waals surface area contributed by atoms with Crippen LogP contribution in [0.1, 0.15) is 11.1 Å². The second-order valence-electron chi connectivity index (χ2n) is 3.88. The topological polar surface area (TPSA) is 29.5 Å². The fourth-order valence-electron chi connectivity index (χ4n) is 1.60. The number of rotatable bonds is 3. The van der Waals surface area contributed by atoms with E-state index in [0.717, 1.165) is 11.1 Å². The highest BCUT2D eigenvalue weighted by molar-refractivity contribution is 6.32. The van der Waals surface area contributed by atoms with E-state index in [-0.39, 0.29) is 6.61 Å². The number of benzene rings is 2. The summed E-state index contributed by atoms with van der Waals surface area (Å²) in [5, 5.41) is 9.26. The molecular weight excluding hydrogens is 260 g/mol. The van der Waals surface area contributed by atoms with Gasteiger partial charge in [-0.2, -0.15) is 0 Å². The maximum absolute atomic E-state index is 8.67. The van der Waals surface area contributed by atoms with Gasteiger partial charge >= 0.3 is 0 Å². The van der Waals surface area contributed by atoms with Crippen molar-refractivity contribution in [1.29, 1.82) is 0 Å². The first kappa shape index (κ1) is 13.5.